The van der Waals surface area contributed by atoms with Crippen molar-refractivity contribution in [3.63, 3.8) is 0 Å². The smallest absolute Gasteiger partial charge is 0.271 e. The maximum atomic E-state index is 13.0. The molecule has 116 valence electrons. The summed E-state index contributed by atoms with van der Waals surface area (Å²) in [5, 5.41) is 4.06. The Labute approximate surface area is 135 Å². The predicted molar refractivity (Wildman–Crippen MR) is 88.2 cm³/mol. The monoisotopic (exact) mass is 317 g/mol. The molecule has 1 aliphatic heterocycles. The van der Waals surface area contributed by atoms with E-state index in [0.717, 1.165) is 30.0 Å². The molecule has 0 saturated carbocycles. The summed E-state index contributed by atoms with van der Waals surface area (Å²) >= 11 is 6.34. The van der Waals surface area contributed by atoms with Gasteiger partial charge in [-0.1, -0.05) is 29.8 Å². The van der Waals surface area contributed by atoms with Crippen LogP contribution in [0, 0.1) is 6.92 Å². The number of carbonyl (C=O) groups is 1. The predicted octanol–water partition coefficient (Wildman–Crippen LogP) is 2.77. The molecule has 3 rings (SSSR count). The third kappa shape index (κ3) is 2.64. The quantitative estimate of drug-likeness (QED) is 0.925. The van der Waals surface area contributed by atoms with Crippen LogP contribution in [0.25, 0.3) is 0 Å². The average molecular weight is 318 g/mol. The number of aromatic nitrogens is 1. The molecule has 0 aliphatic carbocycles. The van der Waals surface area contributed by atoms with E-state index in [9.17, 15) is 4.79 Å². The van der Waals surface area contributed by atoms with Gasteiger partial charge in [0.15, 0.2) is 0 Å². The molecular formula is C17H20ClN3O. The van der Waals surface area contributed by atoms with Crippen molar-refractivity contribution in [3.8, 4) is 0 Å². The Morgan fingerprint density at radius 1 is 1.27 bits per heavy atom. The van der Waals surface area contributed by atoms with Crippen LogP contribution < -0.4 is 5.32 Å². The van der Waals surface area contributed by atoms with E-state index in [-0.39, 0.29) is 11.9 Å². The molecule has 22 heavy (non-hydrogen) atoms. The van der Waals surface area contributed by atoms with Crippen molar-refractivity contribution >= 4 is 17.5 Å². The highest BCUT2D eigenvalue weighted by molar-refractivity contribution is 6.31. The molecule has 2 aromatic rings. The van der Waals surface area contributed by atoms with Gasteiger partial charge in [0.05, 0.1) is 6.04 Å². The highest BCUT2D eigenvalue weighted by atomic mass is 35.5. The summed E-state index contributed by atoms with van der Waals surface area (Å²) in [6.07, 6.45) is 0. The van der Waals surface area contributed by atoms with Crippen molar-refractivity contribution in [2.45, 2.75) is 13.0 Å². The highest BCUT2D eigenvalue weighted by Crippen LogP contribution is 2.29. The summed E-state index contributed by atoms with van der Waals surface area (Å²) in [7, 11) is 1.93. The van der Waals surface area contributed by atoms with Crippen LogP contribution in [-0.4, -0.2) is 35.0 Å². The largest absolute Gasteiger partial charge is 0.344 e. The number of amides is 1. The Kier molecular flexibility index (Phi) is 4.23. The number of benzene rings is 1. The van der Waals surface area contributed by atoms with Crippen molar-refractivity contribution in [2.75, 3.05) is 19.6 Å². The van der Waals surface area contributed by atoms with Gasteiger partial charge in [0.2, 0.25) is 0 Å². The van der Waals surface area contributed by atoms with Crippen molar-refractivity contribution in [2.24, 2.45) is 7.05 Å². The van der Waals surface area contributed by atoms with Gasteiger partial charge in [0.1, 0.15) is 5.69 Å². The number of nitrogens with zero attached hydrogens (tertiary/aromatic N) is 2. The van der Waals surface area contributed by atoms with Crippen molar-refractivity contribution in [3.05, 3.63) is 58.4 Å². The average Bonchev–Trinajstić information content (AvgIpc) is 2.87. The fraction of sp³-hybridized carbons (Fsp3) is 0.353. The summed E-state index contributed by atoms with van der Waals surface area (Å²) in [5.74, 6) is 0.0574. The minimum absolute atomic E-state index is 0.0369. The normalized spacial score (nSPS) is 18.5. The van der Waals surface area contributed by atoms with E-state index in [2.05, 4.69) is 5.32 Å². The van der Waals surface area contributed by atoms with Crippen LogP contribution in [0.5, 0.6) is 0 Å². The lowest BCUT2D eigenvalue weighted by atomic mass is 10.0. The topological polar surface area (TPSA) is 37.3 Å². The third-order valence-electron chi connectivity index (χ3n) is 4.36. The number of hydrogen-bond acceptors (Lipinski definition) is 2. The lowest BCUT2D eigenvalue weighted by Gasteiger charge is -2.37. The number of piperazine rings is 1. The van der Waals surface area contributed by atoms with Gasteiger partial charge in [0.25, 0.3) is 5.91 Å². The van der Waals surface area contributed by atoms with Crippen LogP contribution in [0.2, 0.25) is 5.02 Å². The second kappa shape index (κ2) is 6.15. The number of halogens is 1. The van der Waals surface area contributed by atoms with Gasteiger partial charge in [0, 0.05) is 37.4 Å². The molecule has 1 atom stereocenters. The van der Waals surface area contributed by atoms with Gasteiger partial charge in [-0.25, -0.2) is 0 Å². The lowest BCUT2D eigenvalue weighted by molar-refractivity contribution is 0.0624. The van der Waals surface area contributed by atoms with Crippen molar-refractivity contribution in [1.82, 2.24) is 14.8 Å². The first kappa shape index (κ1) is 15.1. The first-order valence-corrected chi connectivity index (χ1v) is 7.86. The molecule has 1 unspecified atom stereocenters. The molecule has 1 fully saturated rings. The van der Waals surface area contributed by atoms with Gasteiger partial charge in [-0.15, -0.1) is 0 Å². The summed E-state index contributed by atoms with van der Waals surface area (Å²) in [4.78, 5) is 14.9. The molecule has 2 heterocycles. The summed E-state index contributed by atoms with van der Waals surface area (Å²) in [6.45, 7) is 4.20. The maximum absolute atomic E-state index is 13.0. The molecule has 1 aromatic carbocycles. The zero-order valence-corrected chi connectivity index (χ0v) is 13.6. The van der Waals surface area contributed by atoms with E-state index in [0.29, 0.717) is 11.6 Å². The minimum atomic E-state index is -0.0369. The molecule has 1 aliphatic rings. The minimum Gasteiger partial charge on any atom is -0.344 e. The Hall–Kier alpha value is -1.78. The van der Waals surface area contributed by atoms with Crippen LogP contribution >= 0.6 is 11.6 Å². The van der Waals surface area contributed by atoms with Crippen LogP contribution in [0.15, 0.2) is 36.4 Å². The molecule has 0 bridgehead atoms. The van der Waals surface area contributed by atoms with Gasteiger partial charge in [-0.05, 0) is 30.7 Å². The first-order valence-electron chi connectivity index (χ1n) is 7.48. The van der Waals surface area contributed by atoms with Crippen LogP contribution in [0.1, 0.15) is 27.8 Å². The van der Waals surface area contributed by atoms with E-state index in [1.54, 1.807) is 0 Å². The zero-order valence-electron chi connectivity index (χ0n) is 12.8. The Balaban J connectivity index is 1.95. The molecule has 0 radical (unpaired) electrons. The second-order valence-corrected chi connectivity index (χ2v) is 6.07. The van der Waals surface area contributed by atoms with Crippen LogP contribution in [0.4, 0.5) is 0 Å². The molecule has 1 amide bonds. The van der Waals surface area contributed by atoms with Crippen molar-refractivity contribution < 1.29 is 4.79 Å². The third-order valence-corrected chi connectivity index (χ3v) is 4.70. The summed E-state index contributed by atoms with van der Waals surface area (Å²) in [6, 6.07) is 11.6. The van der Waals surface area contributed by atoms with Gasteiger partial charge < -0.3 is 14.8 Å². The van der Waals surface area contributed by atoms with E-state index in [1.165, 1.54) is 0 Å². The molecular weight excluding hydrogens is 298 g/mol. The van der Waals surface area contributed by atoms with Gasteiger partial charge in [-0.3, -0.25) is 4.79 Å². The molecule has 5 heteroatoms. The van der Waals surface area contributed by atoms with Crippen molar-refractivity contribution in [1.29, 1.82) is 0 Å². The lowest BCUT2D eigenvalue weighted by Crippen LogP contribution is -2.49. The summed E-state index contributed by atoms with van der Waals surface area (Å²) in [5.41, 5.74) is 2.79. The first-order chi connectivity index (χ1) is 10.6. The van der Waals surface area contributed by atoms with Gasteiger partial charge in [-0.2, -0.15) is 0 Å². The van der Waals surface area contributed by atoms with E-state index in [4.69, 9.17) is 11.6 Å². The fourth-order valence-electron chi connectivity index (χ4n) is 2.95. The summed E-state index contributed by atoms with van der Waals surface area (Å²) < 4.78 is 1.94. The van der Waals surface area contributed by atoms with Crippen LogP contribution in [0.3, 0.4) is 0 Å². The molecule has 1 aromatic heterocycles. The zero-order chi connectivity index (χ0) is 15.7. The Bertz CT molecular complexity index is 695. The maximum Gasteiger partial charge on any atom is 0.271 e. The standard InChI is InChI=1S/C17H20ClN3O/c1-12-7-8-15(20(12)2)17(22)21-10-9-19-11-16(21)13-5-3-4-6-14(13)18/h3-8,16,19H,9-11H2,1-2H3. The number of nitrogens with one attached hydrogen (secondary N) is 1. The van der Waals surface area contributed by atoms with E-state index in [1.807, 2.05) is 59.8 Å². The SMILES string of the molecule is Cc1ccc(C(=O)N2CCNCC2c2ccccc2Cl)n1C. The van der Waals surface area contributed by atoms with E-state index < -0.39 is 0 Å². The van der Waals surface area contributed by atoms with Crippen LogP contribution in [-0.2, 0) is 7.05 Å². The molecule has 4 nitrogen and oxygen atoms in total. The number of rotatable bonds is 2. The van der Waals surface area contributed by atoms with Gasteiger partial charge >= 0.3 is 0 Å². The number of hydrogen-bond donors (Lipinski definition) is 1. The molecule has 1 saturated heterocycles. The second-order valence-electron chi connectivity index (χ2n) is 5.66. The van der Waals surface area contributed by atoms with E-state index >= 15 is 0 Å². The highest BCUT2D eigenvalue weighted by Gasteiger charge is 2.30. The molecule has 0 spiro atoms. The fourth-order valence-corrected chi connectivity index (χ4v) is 3.21. The molecule has 1 N–H and O–H groups in total. The number of carbonyl (C=O) groups excluding carboxylic acids is 1. The number of aryl methyl sites for hydroxylation is 1. The Morgan fingerprint density at radius 2 is 2.05 bits per heavy atom. The Morgan fingerprint density at radius 3 is 2.73 bits per heavy atom.